The second-order valence-electron chi connectivity index (χ2n) is 5.56. The van der Waals surface area contributed by atoms with E-state index in [1.165, 1.54) is 19.3 Å². The third kappa shape index (κ3) is 3.95. The Bertz CT molecular complexity index is 499. The number of hydrogen-bond donors (Lipinski definition) is 0. The van der Waals surface area contributed by atoms with Gasteiger partial charge in [0.1, 0.15) is 0 Å². The van der Waals surface area contributed by atoms with Crippen LogP contribution in [0.25, 0.3) is 0 Å². The smallest absolute Gasteiger partial charge is 0.250 e. The number of aromatic nitrogens is 1. The van der Waals surface area contributed by atoms with Crippen LogP contribution < -0.4 is 5.56 Å². The summed E-state index contributed by atoms with van der Waals surface area (Å²) in [7, 11) is 0. The van der Waals surface area contributed by atoms with Crippen molar-refractivity contribution in [2.24, 2.45) is 0 Å². The Kier molecular flexibility index (Phi) is 5.39. The molecule has 0 N–H and O–H groups in total. The number of rotatable bonds is 3. The third-order valence-corrected chi connectivity index (χ3v) is 4.03. The van der Waals surface area contributed by atoms with Crippen LogP contribution in [-0.4, -0.2) is 28.5 Å². The van der Waals surface area contributed by atoms with Gasteiger partial charge in [0, 0.05) is 37.8 Å². The zero-order valence-electron chi connectivity index (χ0n) is 12.3. The quantitative estimate of drug-likeness (QED) is 0.850. The van der Waals surface area contributed by atoms with E-state index in [-0.39, 0.29) is 11.5 Å². The first-order chi connectivity index (χ1) is 9.68. The van der Waals surface area contributed by atoms with Crippen LogP contribution in [0.5, 0.6) is 0 Å². The van der Waals surface area contributed by atoms with Crippen molar-refractivity contribution in [3.05, 3.63) is 34.2 Å². The van der Waals surface area contributed by atoms with E-state index in [9.17, 15) is 9.59 Å². The average Bonchev–Trinajstić information content (AvgIpc) is 2.37. The molecule has 0 saturated carbocycles. The molecule has 0 radical (unpaired) electrons. The van der Waals surface area contributed by atoms with Crippen molar-refractivity contribution < 1.29 is 4.79 Å². The zero-order valence-corrected chi connectivity index (χ0v) is 12.3. The number of carbonyl (C=O) groups excluding carboxylic acids is 1. The largest absolute Gasteiger partial charge is 0.343 e. The number of hydrogen-bond acceptors (Lipinski definition) is 2. The molecular weight excluding hydrogens is 252 g/mol. The van der Waals surface area contributed by atoms with Gasteiger partial charge in [-0.1, -0.05) is 25.3 Å². The molecule has 1 aromatic heterocycles. The van der Waals surface area contributed by atoms with Gasteiger partial charge in [0.2, 0.25) is 5.91 Å². The van der Waals surface area contributed by atoms with Gasteiger partial charge in [-0.05, 0) is 25.8 Å². The summed E-state index contributed by atoms with van der Waals surface area (Å²) in [4.78, 5) is 26.0. The van der Waals surface area contributed by atoms with Crippen LogP contribution in [0.4, 0.5) is 0 Å². The number of likely N-dealkylation sites (tertiary alicyclic amines) is 1. The molecule has 0 aromatic carbocycles. The average molecular weight is 276 g/mol. The molecule has 20 heavy (non-hydrogen) atoms. The highest BCUT2D eigenvalue weighted by atomic mass is 16.2. The van der Waals surface area contributed by atoms with Crippen LogP contribution >= 0.6 is 0 Å². The van der Waals surface area contributed by atoms with Gasteiger partial charge in [-0.15, -0.1) is 0 Å². The molecular formula is C16H24N2O2. The lowest BCUT2D eigenvalue weighted by atomic mass is 10.1. The molecule has 4 heteroatoms. The topological polar surface area (TPSA) is 42.3 Å². The van der Waals surface area contributed by atoms with Gasteiger partial charge >= 0.3 is 0 Å². The third-order valence-electron chi connectivity index (χ3n) is 4.03. The fourth-order valence-corrected chi connectivity index (χ4v) is 2.77. The Balaban J connectivity index is 1.92. The first kappa shape index (κ1) is 14.8. The van der Waals surface area contributed by atoms with Crippen LogP contribution in [0.3, 0.4) is 0 Å². The van der Waals surface area contributed by atoms with E-state index in [1.807, 2.05) is 17.9 Å². The highest BCUT2D eigenvalue weighted by Gasteiger charge is 2.14. The Morgan fingerprint density at radius 3 is 2.40 bits per heavy atom. The van der Waals surface area contributed by atoms with Crippen LogP contribution in [0.2, 0.25) is 0 Å². The SMILES string of the molecule is Cc1cccc(=O)n1CCC(=O)N1CCCCCCC1. The number of carbonyl (C=O) groups is 1. The van der Waals surface area contributed by atoms with Crippen molar-refractivity contribution >= 4 is 5.91 Å². The van der Waals surface area contributed by atoms with E-state index < -0.39 is 0 Å². The molecule has 1 amide bonds. The fraction of sp³-hybridized carbons (Fsp3) is 0.625. The van der Waals surface area contributed by atoms with Crippen molar-refractivity contribution in [1.82, 2.24) is 9.47 Å². The number of pyridine rings is 1. The summed E-state index contributed by atoms with van der Waals surface area (Å²) < 4.78 is 1.68. The van der Waals surface area contributed by atoms with Crippen LogP contribution in [0, 0.1) is 6.92 Å². The molecule has 2 rings (SSSR count). The van der Waals surface area contributed by atoms with E-state index in [1.54, 1.807) is 16.7 Å². The van der Waals surface area contributed by atoms with Crippen LogP contribution in [0.15, 0.2) is 23.0 Å². The summed E-state index contributed by atoms with van der Waals surface area (Å²) in [5.74, 6) is 0.182. The molecule has 4 nitrogen and oxygen atoms in total. The lowest BCUT2D eigenvalue weighted by molar-refractivity contribution is -0.131. The van der Waals surface area contributed by atoms with E-state index in [0.717, 1.165) is 31.6 Å². The van der Waals surface area contributed by atoms with Crippen molar-refractivity contribution in [3.8, 4) is 0 Å². The molecule has 1 aromatic rings. The molecule has 0 bridgehead atoms. The Hall–Kier alpha value is -1.58. The second-order valence-corrected chi connectivity index (χ2v) is 5.56. The van der Waals surface area contributed by atoms with Crippen LogP contribution in [-0.2, 0) is 11.3 Å². The summed E-state index contributed by atoms with van der Waals surface area (Å²) in [5.41, 5.74) is 0.892. The van der Waals surface area contributed by atoms with Gasteiger partial charge in [-0.2, -0.15) is 0 Å². The molecule has 0 aliphatic carbocycles. The molecule has 2 heterocycles. The highest BCUT2D eigenvalue weighted by molar-refractivity contribution is 5.76. The molecule has 0 unspecified atom stereocenters. The number of amides is 1. The van der Waals surface area contributed by atoms with Gasteiger partial charge in [0.25, 0.3) is 5.56 Å². The van der Waals surface area contributed by atoms with Crippen molar-refractivity contribution in [2.75, 3.05) is 13.1 Å². The van der Waals surface area contributed by atoms with E-state index in [0.29, 0.717) is 13.0 Å². The summed E-state index contributed by atoms with van der Waals surface area (Å²) in [5, 5.41) is 0. The maximum atomic E-state index is 12.3. The van der Waals surface area contributed by atoms with E-state index in [2.05, 4.69) is 0 Å². The molecule has 0 atom stereocenters. The summed E-state index contributed by atoms with van der Waals surface area (Å²) in [6.07, 6.45) is 6.37. The Morgan fingerprint density at radius 1 is 1.10 bits per heavy atom. The first-order valence-corrected chi connectivity index (χ1v) is 7.63. The van der Waals surface area contributed by atoms with Gasteiger partial charge in [-0.3, -0.25) is 9.59 Å². The summed E-state index contributed by atoms with van der Waals surface area (Å²) in [6.45, 7) is 4.14. The predicted octanol–water partition coefficient (Wildman–Crippen LogP) is 2.34. The standard InChI is InChI=1S/C16H24N2O2/c1-14-8-7-9-16(20)18(14)13-10-15(19)17-11-5-3-2-4-6-12-17/h7-9H,2-6,10-13H2,1H3. The van der Waals surface area contributed by atoms with Gasteiger partial charge in [0.05, 0.1) is 0 Å². The maximum Gasteiger partial charge on any atom is 0.250 e. The molecule has 110 valence electrons. The fourth-order valence-electron chi connectivity index (χ4n) is 2.77. The van der Waals surface area contributed by atoms with E-state index in [4.69, 9.17) is 0 Å². The summed E-state index contributed by atoms with van der Waals surface area (Å²) in [6, 6.07) is 5.21. The zero-order chi connectivity index (χ0) is 14.4. The number of aryl methyl sites for hydroxylation is 1. The molecule has 0 spiro atoms. The minimum absolute atomic E-state index is 0.0227. The molecule has 1 aliphatic heterocycles. The van der Waals surface area contributed by atoms with Gasteiger partial charge in [-0.25, -0.2) is 0 Å². The normalized spacial score (nSPS) is 16.6. The Labute approximate surface area is 120 Å². The highest BCUT2D eigenvalue weighted by Crippen LogP contribution is 2.11. The monoisotopic (exact) mass is 276 g/mol. The number of nitrogens with zero attached hydrogens (tertiary/aromatic N) is 2. The lowest BCUT2D eigenvalue weighted by Gasteiger charge is -2.25. The van der Waals surface area contributed by atoms with Crippen molar-refractivity contribution in [2.45, 2.75) is 52.0 Å². The van der Waals surface area contributed by atoms with Crippen LogP contribution in [0.1, 0.15) is 44.2 Å². The van der Waals surface area contributed by atoms with Gasteiger partial charge < -0.3 is 9.47 Å². The lowest BCUT2D eigenvalue weighted by Crippen LogP contribution is -2.35. The van der Waals surface area contributed by atoms with Crippen molar-refractivity contribution in [3.63, 3.8) is 0 Å². The maximum absolute atomic E-state index is 12.3. The molecule has 1 fully saturated rings. The first-order valence-electron chi connectivity index (χ1n) is 7.63. The minimum Gasteiger partial charge on any atom is -0.343 e. The predicted molar refractivity (Wildman–Crippen MR) is 79.7 cm³/mol. The Morgan fingerprint density at radius 2 is 1.75 bits per heavy atom. The second kappa shape index (κ2) is 7.27. The summed E-state index contributed by atoms with van der Waals surface area (Å²) >= 11 is 0. The molecule has 1 saturated heterocycles. The van der Waals surface area contributed by atoms with Gasteiger partial charge in [0.15, 0.2) is 0 Å². The minimum atomic E-state index is -0.0227. The van der Waals surface area contributed by atoms with E-state index >= 15 is 0 Å². The van der Waals surface area contributed by atoms with Crippen molar-refractivity contribution in [1.29, 1.82) is 0 Å². The molecule has 1 aliphatic rings.